The van der Waals surface area contributed by atoms with Crippen LogP contribution >= 0.6 is 0 Å². The number of nitrogens with zero attached hydrogens (tertiary/aromatic N) is 1. The van der Waals surface area contributed by atoms with Gasteiger partial charge in [-0.1, -0.05) is 27.2 Å². The molecule has 0 rings (SSSR count). The summed E-state index contributed by atoms with van der Waals surface area (Å²) in [6, 6.07) is 0. The van der Waals surface area contributed by atoms with E-state index in [1.165, 1.54) is 11.4 Å². The van der Waals surface area contributed by atoms with Crippen molar-refractivity contribution in [2.45, 2.75) is 27.2 Å². The van der Waals surface area contributed by atoms with Crippen LogP contribution in [-0.2, 0) is 0 Å². The Labute approximate surface area is 59.0 Å². The smallest absolute Gasteiger partial charge is 0.00105 e. The predicted molar refractivity (Wildman–Crippen MR) is 43.0 cm³/mol. The van der Waals surface area contributed by atoms with Crippen molar-refractivity contribution in [2.75, 3.05) is 14.1 Å². The summed E-state index contributed by atoms with van der Waals surface area (Å²) in [7, 11) is 3.56. The largest absolute Gasteiger partial charge is 0.269 e. The van der Waals surface area contributed by atoms with Crippen LogP contribution in [0, 0.1) is 5.92 Å². The first-order valence-corrected chi connectivity index (χ1v) is 3.42. The van der Waals surface area contributed by atoms with Crippen molar-refractivity contribution in [1.29, 1.82) is 0 Å². The minimum Gasteiger partial charge on any atom is -0.269 e. The lowest BCUT2D eigenvalue weighted by Crippen LogP contribution is -2.18. The Morgan fingerprint density at radius 2 is 1.44 bits per heavy atom. The lowest BCUT2D eigenvalue weighted by Gasteiger charge is -1.91. The lowest BCUT2D eigenvalue weighted by atomic mass is 10.2. The van der Waals surface area contributed by atoms with Crippen molar-refractivity contribution in [3.05, 3.63) is 0 Å². The molecule has 0 aromatic rings. The highest BCUT2D eigenvalue weighted by molar-refractivity contribution is 4.32. The SMILES string of the molecule is CCC(C)C.CN(C)N. The van der Waals surface area contributed by atoms with Crippen LogP contribution < -0.4 is 5.84 Å². The molecule has 0 aromatic carbocycles. The summed E-state index contributed by atoms with van der Waals surface area (Å²) in [5.74, 6) is 5.83. The van der Waals surface area contributed by atoms with Gasteiger partial charge in [0.15, 0.2) is 0 Å². The van der Waals surface area contributed by atoms with Gasteiger partial charge in [-0.2, -0.15) is 0 Å². The predicted octanol–water partition coefficient (Wildman–Crippen LogP) is 1.47. The fourth-order valence-corrected chi connectivity index (χ4v) is 0. The summed E-state index contributed by atoms with van der Waals surface area (Å²) < 4.78 is 0. The molecule has 0 aliphatic rings. The summed E-state index contributed by atoms with van der Waals surface area (Å²) in [5.41, 5.74) is 0. The summed E-state index contributed by atoms with van der Waals surface area (Å²) >= 11 is 0. The van der Waals surface area contributed by atoms with Gasteiger partial charge in [0.2, 0.25) is 0 Å². The second kappa shape index (κ2) is 7.92. The van der Waals surface area contributed by atoms with Crippen molar-refractivity contribution < 1.29 is 0 Å². The maximum absolute atomic E-state index is 4.94. The van der Waals surface area contributed by atoms with E-state index in [2.05, 4.69) is 20.8 Å². The van der Waals surface area contributed by atoms with Gasteiger partial charge in [-0.25, -0.2) is 0 Å². The van der Waals surface area contributed by atoms with Gasteiger partial charge < -0.3 is 0 Å². The summed E-state index contributed by atoms with van der Waals surface area (Å²) in [4.78, 5) is 0. The average molecular weight is 132 g/mol. The van der Waals surface area contributed by atoms with E-state index in [1.54, 1.807) is 14.1 Å². The van der Waals surface area contributed by atoms with Gasteiger partial charge in [-0.05, 0) is 5.92 Å². The Kier molecular flexibility index (Phi) is 10.3. The summed E-state index contributed by atoms with van der Waals surface area (Å²) in [6.45, 7) is 6.64. The molecular weight excluding hydrogens is 112 g/mol. The third-order valence-electron chi connectivity index (χ3n) is 0.816. The van der Waals surface area contributed by atoms with Gasteiger partial charge in [0.1, 0.15) is 0 Å². The highest BCUT2D eigenvalue weighted by Gasteiger charge is 1.80. The van der Waals surface area contributed by atoms with E-state index in [1.807, 2.05) is 0 Å². The lowest BCUT2D eigenvalue weighted by molar-refractivity contribution is 0.432. The molecule has 2 N–H and O–H groups in total. The molecular formula is C7H20N2. The highest BCUT2D eigenvalue weighted by atomic mass is 15.4. The standard InChI is InChI=1S/C5H12.C2H8N2/c1-4-5(2)3;1-4(2)3/h5H,4H2,1-3H3;3H2,1-2H3. The number of hydrazine groups is 1. The van der Waals surface area contributed by atoms with Crippen LogP contribution in [0.4, 0.5) is 0 Å². The van der Waals surface area contributed by atoms with E-state index in [9.17, 15) is 0 Å². The summed E-state index contributed by atoms with van der Waals surface area (Å²) in [5, 5.41) is 1.50. The van der Waals surface area contributed by atoms with Crippen molar-refractivity contribution in [1.82, 2.24) is 5.01 Å². The van der Waals surface area contributed by atoms with E-state index in [4.69, 9.17) is 5.84 Å². The van der Waals surface area contributed by atoms with Gasteiger partial charge in [-0.15, -0.1) is 0 Å². The Morgan fingerprint density at radius 3 is 1.44 bits per heavy atom. The highest BCUT2D eigenvalue weighted by Crippen LogP contribution is 1.93. The Balaban J connectivity index is 0. The second-order valence-electron chi connectivity index (χ2n) is 2.77. The zero-order valence-corrected chi connectivity index (χ0v) is 7.31. The van der Waals surface area contributed by atoms with E-state index in [-0.39, 0.29) is 0 Å². The van der Waals surface area contributed by atoms with Crippen molar-refractivity contribution >= 4 is 0 Å². The molecule has 0 aliphatic carbocycles. The Hall–Kier alpha value is -0.0800. The monoisotopic (exact) mass is 132 g/mol. The normalized spacial score (nSPS) is 9.33. The number of rotatable bonds is 1. The molecule has 0 saturated heterocycles. The molecule has 0 aromatic heterocycles. The van der Waals surface area contributed by atoms with Crippen LogP contribution in [0.1, 0.15) is 27.2 Å². The van der Waals surface area contributed by atoms with Crippen LogP contribution in [0.2, 0.25) is 0 Å². The van der Waals surface area contributed by atoms with E-state index in [0.29, 0.717) is 0 Å². The molecule has 0 fully saturated rings. The van der Waals surface area contributed by atoms with Gasteiger partial charge in [0, 0.05) is 14.1 Å². The molecule has 0 heterocycles. The molecule has 0 atom stereocenters. The number of nitrogens with two attached hydrogens (primary N) is 1. The first-order chi connectivity index (χ1) is 4.00. The molecule has 0 bridgehead atoms. The van der Waals surface area contributed by atoms with Crippen molar-refractivity contribution in [2.24, 2.45) is 11.8 Å². The van der Waals surface area contributed by atoms with E-state index < -0.39 is 0 Å². The molecule has 0 unspecified atom stereocenters. The third-order valence-corrected chi connectivity index (χ3v) is 0.816. The Bertz CT molecular complexity index is 39.4. The molecule has 58 valence electrons. The third kappa shape index (κ3) is 75.3. The van der Waals surface area contributed by atoms with Crippen molar-refractivity contribution in [3.8, 4) is 0 Å². The van der Waals surface area contributed by atoms with Gasteiger partial charge in [0.05, 0.1) is 0 Å². The van der Waals surface area contributed by atoms with Crippen LogP contribution in [0.3, 0.4) is 0 Å². The molecule has 9 heavy (non-hydrogen) atoms. The zero-order chi connectivity index (χ0) is 7.86. The van der Waals surface area contributed by atoms with E-state index in [0.717, 1.165) is 5.92 Å². The minimum absolute atomic E-state index is 0.884. The maximum Gasteiger partial charge on any atom is 0.00105 e. The molecule has 0 saturated carbocycles. The minimum atomic E-state index is 0.884. The number of hydrogen-bond acceptors (Lipinski definition) is 2. The second-order valence-corrected chi connectivity index (χ2v) is 2.77. The topological polar surface area (TPSA) is 29.3 Å². The molecule has 2 heteroatoms. The van der Waals surface area contributed by atoms with Gasteiger partial charge >= 0.3 is 0 Å². The van der Waals surface area contributed by atoms with E-state index >= 15 is 0 Å². The van der Waals surface area contributed by atoms with Crippen LogP contribution in [0.15, 0.2) is 0 Å². The molecule has 2 nitrogen and oxygen atoms in total. The first kappa shape index (κ1) is 11.7. The first-order valence-electron chi connectivity index (χ1n) is 3.42. The molecule has 0 aliphatic heterocycles. The fourth-order valence-electron chi connectivity index (χ4n) is 0. The average Bonchev–Trinajstić information content (AvgIpc) is 1.65. The number of hydrogen-bond donors (Lipinski definition) is 1. The van der Waals surface area contributed by atoms with Gasteiger partial charge in [0.25, 0.3) is 0 Å². The molecule has 0 spiro atoms. The maximum atomic E-state index is 4.94. The molecule has 0 amide bonds. The van der Waals surface area contributed by atoms with Crippen LogP contribution in [0.25, 0.3) is 0 Å². The zero-order valence-electron chi connectivity index (χ0n) is 7.31. The van der Waals surface area contributed by atoms with Crippen LogP contribution in [0.5, 0.6) is 0 Å². The Morgan fingerprint density at radius 1 is 1.33 bits per heavy atom. The summed E-state index contributed by atoms with van der Waals surface area (Å²) in [6.07, 6.45) is 1.31. The van der Waals surface area contributed by atoms with Crippen LogP contribution in [-0.4, -0.2) is 19.1 Å². The molecule has 0 radical (unpaired) electrons. The fraction of sp³-hybridized carbons (Fsp3) is 1.00. The van der Waals surface area contributed by atoms with Gasteiger partial charge in [-0.3, -0.25) is 10.9 Å². The van der Waals surface area contributed by atoms with Crippen molar-refractivity contribution in [3.63, 3.8) is 0 Å². The quantitative estimate of drug-likeness (QED) is 0.432.